The molecule has 0 aliphatic carbocycles. The molecule has 4 aromatic carbocycles. The smallest absolute Gasteiger partial charge is 0.196 e. The van der Waals surface area contributed by atoms with E-state index in [1.807, 2.05) is 84.9 Å². The van der Waals surface area contributed by atoms with Crippen molar-refractivity contribution in [1.29, 1.82) is 0 Å². The van der Waals surface area contributed by atoms with Gasteiger partial charge in [0.2, 0.25) is 0 Å². The molecule has 0 atom stereocenters. The summed E-state index contributed by atoms with van der Waals surface area (Å²) in [7, 11) is 0. The minimum atomic E-state index is -0.228. The van der Waals surface area contributed by atoms with Gasteiger partial charge >= 0.3 is 0 Å². The van der Waals surface area contributed by atoms with Gasteiger partial charge in [-0.05, 0) is 127 Å². The number of ether oxygens (including phenoxy) is 3. The Morgan fingerprint density at radius 2 is 1.07 bits per heavy atom. The van der Waals surface area contributed by atoms with Gasteiger partial charge in [-0.2, -0.15) is 0 Å². The lowest BCUT2D eigenvalue weighted by atomic mass is 9.97. The summed E-state index contributed by atoms with van der Waals surface area (Å²) in [6.45, 7) is 20.1. The zero-order chi connectivity index (χ0) is 39.0. The van der Waals surface area contributed by atoms with E-state index in [-0.39, 0.29) is 22.0 Å². The van der Waals surface area contributed by atoms with Crippen molar-refractivity contribution in [2.24, 2.45) is 0 Å². The molecular weight excluding hydrogens is 725 g/mol. The molecular formula is C46H56N2O5S2. The van der Waals surface area contributed by atoms with Gasteiger partial charge in [-0.15, -0.1) is 22.7 Å². The summed E-state index contributed by atoms with van der Waals surface area (Å²) in [6, 6.07) is 27.3. The van der Waals surface area contributed by atoms with E-state index >= 15 is 0 Å². The van der Waals surface area contributed by atoms with Crippen molar-refractivity contribution in [1.82, 2.24) is 9.80 Å². The first-order valence-corrected chi connectivity index (χ1v) is 21.4. The topological polar surface area (TPSA) is 68.3 Å². The molecule has 0 amide bonds. The highest BCUT2D eigenvalue weighted by atomic mass is 32.1. The first-order valence-electron chi connectivity index (χ1n) is 19.8. The van der Waals surface area contributed by atoms with Crippen LogP contribution >= 0.6 is 22.7 Å². The SMILES string of the molecule is CCN(CCCOc1ccc2sc3ccccc3c(=O)c2c1)CCC(C)(C)OCCC(C)(C)N(CC)CCCOc1ccc2sc3ccccc3c(=O)c2c1. The van der Waals surface area contributed by atoms with Crippen LogP contribution in [0.2, 0.25) is 0 Å². The van der Waals surface area contributed by atoms with Crippen LogP contribution in [0.15, 0.2) is 94.5 Å². The Balaban J connectivity index is 0.898. The summed E-state index contributed by atoms with van der Waals surface area (Å²) in [5.41, 5.74) is -0.110. The molecule has 6 aromatic rings. The van der Waals surface area contributed by atoms with Crippen LogP contribution < -0.4 is 20.3 Å². The van der Waals surface area contributed by atoms with E-state index in [9.17, 15) is 9.59 Å². The lowest BCUT2D eigenvalue weighted by molar-refractivity contribution is -0.0450. The predicted octanol–water partition coefficient (Wildman–Crippen LogP) is 10.4. The van der Waals surface area contributed by atoms with Gasteiger partial charge in [0.05, 0.1) is 18.8 Å². The van der Waals surface area contributed by atoms with Crippen molar-refractivity contribution >= 4 is 63.0 Å². The van der Waals surface area contributed by atoms with E-state index in [1.165, 1.54) is 0 Å². The van der Waals surface area contributed by atoms with Gasteiger partial charge in [-0.3, -0.25) is 14.5 Å². The van der Waals surface area contributed by atoms with Crippen LogP contribution in [0.25, 0.3) is 40.3 Å². The number of fused-ring (bicyclic) bond motifs is 4. The highest BCUT2D eigenvalue weighted by molar-refractivity contribution is 7.24. The Bertz CT molecular complexity index is 2330. The molecule has 0 radical (unpaired) electrons. The molecule has 0 N–H and O–H groups in total. The second kappa shape index (κ2) is 18.4. The van der Waals surface area contributed by atoms with E-state index in [1.54, 1.807) is 22.7 Å². The average molecular weight is 781 g/mol. The Hall–Kier alpha value is -3.86. The normalized spacial score (nSPS) is 12.5. The molecule has 0 unspecified atom stereocenters. The van der Waals surface area contributed by atoms with Crippen LogP contribution in [0.5, 0.6) is 11.5 Å². The standard InChI is InChI=1S/C46H56N2O5S2/c1-7-47(25-13-28-51-33-19-21-41-37(31-33)43(49)35-15-9-11-17-39(35)54-41)27-23-46(5,6)53-30-24-45(3,4)48(8-2)26-14-29-52-34-20-22-42-38(32-34)44(50)36-16-10-12-18-40(36)55-42/h9-12,15-22,31-32H,7-8,13-14,23-30H2,1-6H3. The first kappa shape index (κ1) is 40.8. The van der Waals surface area contributed by atoms with E-state index < -0.39 is 0 Å². The van der Waals surface area contributed by atoms with Crippen LogP contribution in [0.3, 0.4) is 0 Å². The van der Waals surface area contributed by atoms with E-state index in [0.717, 1.165) is 110 Å². The second-order valence-electron chi connectivity index (χ2n) is 15.5. The maximum absolute atomic E-state index is 13.1. The molecule has 292 valence electrons. The van der Waals surface area contributed by atoms with Crippen molar-refractivity contribution in [2.45, 2.75) is 78.4 Å². The van der Waals surface area contributed by atoms with Crippen LogP contribution in [0.1, 0.15) is 67.2 Å². The Morgan fingerprint density at radius 1 is 0.564 bits per heavy atom. The van der Waals surface area contributed by atoms with Crippen molar-refractivity contribution in [2.75, 3.05) is 52.5 Å². The molecule has 0 spiro atoms. The quantitative estimate of drug-likeness (QED) is 0.0564. The fourth-order valence-electron chi connectivity index (χ4n) is 7.22. The Morgan fingerprint density at radius 3 is 1.60 bits per heavy atom. The lowest BCUT2D eigenvalue weighted by Crippen LogP contribution is -2.46. The van der Waals surface area contributed by atoms with Gasteiger partial charge in [0.15, 0.2) is 10.9 Å². The van der Waals surface area contributed by atoms with Gasteiger partial charge in [-0.25, -0.2) is 0 Å². The van der Waals surface area contributed by atoms with Gasteiger partial charge in [0.1, 0.15) is 11.5 Å². The number of rotatable bonds is 20. The number of hydrogen-bond acceptors (Lipinski definition) is 9. The maximum Gasteiger partial charge on any atom is 0.196 e. The number of benzene rings is 4. The maximum atomic E-state index is 13.1. The number of nitrogens with zero attached hydrogens (tertiary/aromatic N) is 2. The molecule has 0 fully saturated rings. The second-order valence-corrected chi connectivity index (χ2v) is 17.7. The van der Waals surface area contributed by atoms with Gasteiger partial charge in [0, 0.05) is 72.1 Å². The summed E-state index contributed by atoms with van der Waals surface area (Å²) in [6.07, 6.45) is 3.68. The summed E-state index contributed by atoms with van der Waals surface area (Å²) < 4.78 is 22.8. The van der Waals surface area contributed by atoms with Crippen molar-refractivity contribution in [3.63, 3.8) is 0 Å². The lowest BCUT2D eigenvalue weighted by Gasteiger charge is -2.39. The Labute approximate surface area is 333 Å². The van der Waals surface area contributed by atoms with Gasteiger partial charge in [0.25, 0.3) is 0 Å². The highest BCUT2D eigenvalue weighted by Crippen LogP contribution is 2.29. The van der Waals surface area contributed by atoms with E-state index in [4.69, 9.17) is 14.2 Å². The fraction of sp³-hybridized carbons (Fsp3) is 0.435. The minimum absolute atomic E-state index is 0.0161. The first-order chi connectivity index (χ1) is 26.5. The zero-order valence-corrected chi connectivity index (χ0v) is 35.0. The molecule has 6 rings (SSSR count). The molecule has 2 heterocycles. The molecule has 0 bridgehead atoms. The largest absolute Gasteiger partial charge is 0.494 e. The minimum Gasteiger partial charge on any atom is -0.494 e. The number of hydrogen-bond donors (Lipinski definition) is 0. The molecule has 0 saturated carbocycles. The third kappa shape index (κ3) is 10.3. The summed E-state index contributed by atoms with van der Waals surface area (Å²) >= 11 is 3.28. The van der Waals surface area contributed by atoms with Crippen LogP contribution in [0.4, 0.5) is 0 Å². The van der Waals surface area contributed by atoms with Crippen molar-refractivity contribution < 1.29 is 14.2 Å². The van der Waals surface area contributed by atoms with E-state index in [0.29, 0.717) is 19.8 Å². The molecule has 0 saturated heterocycles. The highest BCUT2D eigenvalue weighted by Gasteiger charge is 2.27. The summed E-state index contributed by atoms with van der Waals surface area (Å²) in [5.74, 6) is 1.49. The third-order valence-electron chi connectivity index (χ3n) is 10.7. The van der Waals surface area contributed by atoms with Gasteiger partial charge < -0.3 is 19.1 Å². The molecule has 0 aliphatic heterocycles. The average Bonchev–Trinajstić information content (AvgIpc) is 3.18. The third-order valence-corrected chi connectivity index (χ3v) is 13.0. The summed E-state index contributed by atoms with van der Waals surface area (Å²) in [4.78, 5) is 31.2. The van der Waals surface area contributed by atoms with E-state index in [2.05, 4.69) is 51.3 Å². The van der Waals surface area contributed by atoms with Crippen molar-refractivity contribution in [3.8, 4) is 11.5 Å². The summed E-state index contributed by atoms with van der Waals surface area (Å²) in [5, 5.41) is 2.98. The monoisotopic (exact) mass is 780 g/mol. The fourth-order valence-corrected chi connectivity index (χ4v) is 9.32. The molecule has 9 heteroatoms. The zero-order valence-electron chi connectivity index (χ0n) is 33.3. The molecule has 7 nitrogen and oxygen atoms in total. The molecule has 2 aromatic heterocycles. The van der Waals surface area contributed by atoms with Crippen molar-refractivity contribution in [3.05, 3.63) is 105 Å². The van der Waals surface area contributed by atoms with Gasteiger partial charge in [-0.1, -0.05) is 38.1 Å². The van der Waals surface area contributed by atoms with Crippen LogP contribution in [-0.4, -0.2) is 73.5 Å². The molecule has 55 heavy (non-hydrogen) atoms. The molecule has 0 aliphatic rings. The Kier molecular flexibility index (Phi) is 13.6. The predicted molar refractivity (Wildman–Crippen MR) is 234 cm³/mol. The van der Waals surface area contributed by atoms with Crippen LogP contribution in [-0.2, 0) is 4.74 Å². The van der Waals surface area contributed by atoms with Crippen LogP contribution in [0, 0.1) is 0 Å².